The quantitative estimate of drug-likeness (QED) is 0.597. The van der Waals surface area contributed by atoms with Gasteiger partial charge in [0.2, 0.25) is 0 Å². The molecule has 0 fully saturated rings. The van der Waals surface area contributed by atoms with E-state index < -0.39 is 12.0 Å². The molecule has 1 amide bonds. The van der Waals surface area contributed by atoms with Crippen molar-refractivity contribution in [3.8, 4) is 11.1 Å². The van der Waals surface area contributed by atoms with Gasteiger partial charge in [-0.15, -0.1) is 0 Å². The first-order valence-electron chi connectivity index (χ1n) is 9.92. The van der Waals surface area contributed by atoms with Gasteiger partial charge in [0.1, 0.15) is 6.04 Å². The summed E-state index contributed by atoms with van der Waals surface area (Å²) in [6.45, 7) is 0.423. The van der Waals surface area contributed by atoms with E-state index in [2.05, 4.69) is 6.07 Å². The van der Waals surface area contributed by atoms with Crippen molar-refractivity contribution in [1.82, 2.24) is 4.90 Å². The number of aryl methyl sites for hydroxylation is 1. The predicted molar refractivity (Wildman–Crippen MR) is 118 cm³/mol. The van der Waals surface area contributed by atoms with Crippen LogP contribution in [0.25, 0.3) is 11.1 Å². The van der Waals surface area contributed by atoms with E-state index in [1.165, 1.54) is 0 Å². The minimum atomic E-state index is -1.01. The van der Waals surface area contributed by atoms with E-state index >= 15 is 0 Å². The van der Waals surface area contributed by atoms with Crippen molar-refractivity contribution >= 4 is 11.9 Å². The molecule has 0 radical (unpaired) electrons. The number of carboxylic acid groups (broad SMARTS) is 1. The summed E-state index contributed by atoms with van der Waals surface area (Å²) in [6.07, 6.45) is 0.870. The van der Waals surface area contributed by atoms with Crippen molar-refractivity contribution in [3.63, 3.8) is 0 Å². The number of nitrogens with two attached hydrogens (primary N) is 1. The van der Waals surface area contributed by atoms with Crippen LogP contribution >= 0.6 is 0 Å². The molecule has 3 N–H and O–H groups in total. The summed E-state index contributed by atoms with van der Waals surface area (Å²) < 4.78 is 0. The standard InChI is InChI=1S/C25H26N2O3/c1-27(24(28)20-10-6-3-7-11-20)17-22-16-21(18-8-4-2-5-9-18)13-12-19(22)14-15-23(26)25(29)30/h2-13,16,23H,14-15,17,26H2,1H3,(H,29,30)/t23-/m0/s1. The van der Waals surface area contributed by atoms with Gasteiger partial charge in [0, 0.05) is 19.2 Å². The monoisotopic (exact) mass is 402 g/mol. The first kappa shape index (κ1) is 21.3. The van der Waals surface area contributed by atoms with Gasteiger partial charge in [0.05, 0.1) is 0 Å². The second-order valence-corrected chi connectivity index (χ2v) is 7.36. The number of aliphatic carboxylic acids is 1. The Bertz CT molecular complexity index is 1000. The van der Waals surface area contributed by atoms with Gasteiger partial charge >= 0.3 is 5.97 Å². The van der Waals surface area contributed by atoms with Crippen molar-refractivity contribution < 1.29 is 14.7 Å². The molecule has 3 rings (SSSR count). The lowest BCUT2D eigenvalue weighted by Gasteiger charge is -2.21. The van der Waals surface area contributed by atoms with E-state index in [-0.39, 0.29) is 5.91 Å². The Hall–Kier alpha value is -3.44. The highest BCUT2D eigenvalue weighted by molar-refractivity contribution is 5.94. The molecule has 30 heavy (non-hydrogen) atoms. The molecule has 154 valence electrons. The van der Waals surface area contributed by atoms with E-state index in [0.29, 0.717) is 24.9 Å². The third-order valence-electron chi connectivity index (χ3n) is 5.13. The summed E-state index contributed by atoms with van der Waals surface area (Å²) >= 11 is 0. The number of rotatable bonds is 8. The molecule has 0 saturated carbocycles. The summed E-state index contributed by atoms with van der Waals surface area (Å²) in [5, 5.41) is 9.09. The Morgan fingerprint density at radius 1 is 0.900 bits per heavy atom. The molecule has 3 aromatic rings. The minimum absolute atomic E-state index is 0.0612. The van der Waals surface area contributed by atoms with Crippen molar-refractivity contribution in [3.05, 3.63) is 95.6 Å². The molecule has 0 aliphatic carbocycles. The zero-order chi connectivity index (χ0) is 21.5. The molecule has 0 saturated heterocycles. The fraction of sp³-hybridized carbons (Fsp3) is 0.200. The highest BCUT2D eigenvalue weighted by atomic mass is 16.4. The lowest BCUT2D eigenvalue weighted by atomic mass is 9.95. The minimum Gasteiger partial charge on any atom is -0.480 e. The maximum Gasteiger partial charge on any atom is 0.320 e. The Balaban J connectivity index is 1.87. The SMILES string of the molecule is CN(Cc1cc(-c2ccccc2)ccc1CC[C@H](N)C(=O)O)C(=O)c1ccccc1. The van der Waals surface area contributed by atoms with Crippen molar-refractivity contribution in [1.29, 1.82) is 0 Å². The van der Waals surface area contributed by atoms with Gasteiger partial charge < -0.3 is 15.7 Å². The molecule has 1 atom stereocenters. The summed E-state index contributed by atoms with van der Waals surface area (Å²) in [5.41, 5.74) is 10.5. The van der Waals surface area contributed by atoms with Gasteiger partial charge in [-0.25, -0.2) is 0 Å². The largest absolute Gasteiger partial charge is 0.480 e. The fourth-order valence-corrected chi connectivity index (χ4v) is 3.39. The lowest BCUT2D eigenvalue weighted by Crippen LogP contribution is -2.30. The number of carbonyl (C=O) groups is 2. The third-order valence-corrected chi connectivity index (χ3v) is 5.13. The van der Waals surface area contributed by atoms with Crippen LogP contribution in [0.1, 0.15) is 27.9 Å². The number of hydrogen-bond donors (Lipinski definition) is 2. The van der Waals surface area contributed by atoms with Crippen molar-refractivity contribution in [2.75, 3.05) is 7.05 Å². The number of nitrogens with zero attached hydrogens (tertiary/aromatic N) is 1. The molecule has 0 aliphatic rings. The molecule has 3 aromatic carbocycles. The summed E-state index contributed by atoms with van der Waals surface area (Å²) in [4.78, 5) is 25.6. The van der Waals surface area contributed by atoms with Crippen LogP contribution in [0.5, 0.6) is 0 Å². The van der Waals surface area contributed by atoms with E-state index in [0.717, 1.165) is 22.3 Å². The van der Waals surface area contributed by atoms with Gasteiger partial charge in [-0.1, -0.05) is 60.7 Å². The summed E-state index contributed by atoms with van der Waals surface area (Å²) in [6, 6.07) is 24.4. The van der Waals surface area contributed by atoms with Gasteiger partial charge in [-0.05, 0) is 53.3 Å². The highest BCUT2D eigenvalue weighted by Gasteiger charge is 2.16. The Morgan fingerprint density at radius 3 is 2.17 bits per heavy atom. The Labute approximate surface area is 176 Å². The average molecular weight is 402 g/mol. The van der Waals surface area contributed by atoms with Crippen LogP contribution in [0, 0.1) is 0 Å². The third kappa shape index (κ3) is 5.33. The topological polar surface area (TPSA) is 83.6 Å². The molecule has 0 unspecified atom stereocenters. The maximum absolute atomic E-state index is 12.8. The molecule has 0 aliphatic heterocycles. The molecular weight excluding hydrogens is 376 g/mol. The number of carboxylic acids is 1. The number of benzene rings is 3. The molecule has 0 aromatic heterocycles. The average Bonchev–Trinajstić information content (AvgIpc) is 2.78. The maximum atomic E-state index is 12.8. The van der Waals surface area contributed by atoms with Gasteiger partial charge in [0.15, 0.2) is 0 Å². The van der Waals surface area contributed by atoms with Crippen LogP contribution in [-0.4, -0.2) is 35.0 Å². The van der Waals surface area contributed by atoms with Crippen LogP contribution in [-0.2, 0) is 17.8 Å². The van der Waals surface area contributed by atoms with E-state index in [1.54, 1.807) is 24.1 Å². The van der Waals surface area contributed by atoms with Crippen molar-refractivity contribution in [2.45, 2.75) is 25.4 Å². The number of amides is 1. The zero-order valence-corrected chi connectivity index (χ0v) is 17.0. The Morgan fingerprint density at radius 2 is 1.53 bits per heavy atom. The zero-order valence-electron chi connectivity index (χ0n) is 17.0. The van der Waals surface area contributed by atoms with E-state index in [1.807, 2.05) is 60.7 Å². The molecule has 0 spiro atoms. The second kappa shape index (κ2) is 9.85. The first-order valence-corrected chi connectivity index (χ1v) is 9.92. The molecular formula is C25H26N2O3. The number of carbonyl (C=O) groups excluding carboxylic acids is 1. The van der Waals surface area contributed by atoms with Crippen LogP contribution < -0.4 is 5.73 Å². The second-order valence-electron chi connectivity index (χ2n) is 7.36. The normalized spacial score (nSPS) is 11.7. The molecule has 0 heterocycles. The molecule has 5 heteroatoms. The summed E-state index contributed by atoms with van der Waals surface area (Å²) in [5.74, 6) is -1.07. The van der Waals surface area contributed by atoms with Crippen LogP contribution in [0.3, 0.4) is 0 Å². The fourth-order valence-electron chi connectivity index (χ4n) is 3.39. The van der Waals surface area contributed by atoms with Gasteiger partial charge in [-0.3, -0.25) is 9.59 Å². The first-order chi connectivity index (χ1) is 14.5. The molecule has 5 nitrogen and oxygen atoms in total. The number of hydrogen-bond acceptors (Lipinski definition) is 3. The van der Waals surface area contributed by atoms with E-state index in [9.17, 15) is 9.59 Å². The predicted octanol–water partition coefficient (Wildman–Crippen LogP) is 3.97. The molecule has 0 bridgehead atoms. The highest BCUT2D eigenvalue weighted by Crippen LogP contribution is 2.25. The van der Waals surface area contributed by atoms with Gasteiger partial charge in [-0.2, -0.15) is 0 Å². The van der Waals surface area contributed by atoms with Crippen LogP contribution in [0.15, 0.2) is 78.9 Å². The van der Waals surface area contributed by atoms with Crippen LogP contribution in [0.4, 0.5) is 0 Å². The Kier molecular flexibility index (Phi) is 6.99. The summed E-state index contributed by atoms with van der Waals surface area (Å²) in [7, 11) is 1.78. The lowest BCUT2D eigenvalue weighted by molar-refractivity contribution is -0.138. The smallest absolute Gasteiger partial charge is 0.320 e. The van der Waals surface area contributed by atoms with Crippen LogP contribution in [0.2, 0.25) is 0 Å². The van der Waals surface area contributed by atoms with Crippen molar-refractivity contribution in [2.24, 2.45) is 5.73 Å². The van der Waals surface area contributed by atoms with E-state index in [4.69, 9.17) is 10.8 Å². The van der Waals surface area contributed by atoms with Gasteiger partial charge in [0.25, 0.3) is 5.91 Å².